The molecule has 4 heteroatoms. The van der Waals surface area contributed by atoms with Crippen LogP contribution in [0.4, 0.5) is 11.4 Å². The van der Waals surface area contributed by atoms with Crippen molar-refractivity contribution in [3.8, 4) is 0 Å². The van der Waals surface area contributed by atoms with Crippen LogP contribution < -0.4 is 5.32 Å². The molecule has 130 valence electrons. The van der Waals surface area contributed by atoms with Crippen molar-refractivity contribution in [3.05, 3.63) is 34.7 Å². The summed E-state index contributed by atoms with van der Waals surface area (Å²) in [7, 11) is -1.18. The van der Waals surface area contributed by atoms with Gasteiger partial charge in [0.05, 0.1) is 25.1 Å². The van der Waals surface area contributed by atoms with Crippen molar-refractivity contribution < 1.29 is 4.79 Å². The van der Waals surface area contributed by atoms with Gasteiger partial charge in [-0.2, -0.15) is 0 Å². The molecule has 0 spiro atoms. The van der Waals surface area contributed by atoms with E-state index in [0.29, 0.717) is 5.69 Å². The molecule has 1 N–H and O–H groups in total. The number of rotatable bonds is 5. The van der Waals surface area contributed by atoms with Gasteiger partial charge in [-0.3, -0.25) is 4.79 Å². The number of hydrogen-bond acceptors (Lipinski definition) is 1. The van der Waals surface area contributed by atoms with E-state index in [9.17, 15) is 4.79 Å². The van der Waals surface area contributed by atoms with Crippen LogP contribution in [-0.4, -0.2) is 30.1 Å². The van der Waals surface area contributed by atoms with Crippen LogP contribution in [0.15, 0.2) is 12.1 Å². The first-order chi connectivity index (χ1) is 11.5. The molecule has 2 rings (SSSR count). The number of nitrogens with zero attached hydrogens (tertiary/aromatic N) is 1. The van der Waals surface area contributed by atoms with E-state index in [1.807, 2.05) is 26.0 Å². The number of aryl methyl sites for hydroxylation is 2. The summed E-state index contributed by atoms with van der Waals surface area (Å²) in [5, 5.41) is 3.22. The fourth-order valence-corrected chi connectivity index (χ4v) is 9.18. The molecule has 1 amide bonds. The molecule has 1 atom stereocenters. The summed E-state index contributed by atoms with van der Waals surface area (Å²) in [6.45, 7) is 15.6. The van der Waals surface area contributed by atoms with Crippen LogP contribution in [0.3, 0.4) is 0 Å². The molecule has 3 nitrogen and oxygen atoms in total. The van der Waals surface area contributed by atoms with Crippen LogP contribution >= 0.6 is 7.26 Å². The Hall–Kier alpha value is -1.39. The van der Waals surface area contributed by atoms with Crippen molar-refractivity contribution in [2.45, 2.75) is 59.0 Å². The summed E-state index contributed by atoms with van der Waals surface area (Å²) in [5.41, 5.74) is 3.69. The Morgan fingerprint density at radius 2 is 1.79 bits per heavy atom. The molecule has 1 fully saturated rings. The van der Waals surface area contributed by atoms with Gasteiger partial charge < -0.3 is 5.32 Å². The summed E-state index contributed by atoms with van der Waals surface area (Å²) in [6.07, 6.45) is 8.61. The van der Waals surface area contributed by atoms with E-state index < -0.39 is 7.26 Å². The van der Waals surface area contributed by atoms with Gasteiger partial charge in [-0.1, -0.05) is 19.1 Å². The van der Waals surface area contributed by atoms with Gasteiger partial charge in [-0.15, -0.1) is 0 Å². The summed E-state index contributed by atoms with van der Waals surface area (Å²) < 4.78 is 0. The van der Waals surface area contributed by atoms with E-state index in [-0.39, 0.29) is 11.6 Å². The van der Waals surface area contributed by atoms with E-state index in [4.69, 9.17) is 6.57 Å². The van der Waals surface area contributed by atoms with E-state index in [1.165, 1.54) is 37.7 Å². The first kappa shape index (κ1) is 18.9. The van der Waals surface area contributed by atoms with Gasteiger partial charge in [-0.05, 0) is 57.6 Å². The maximum atomic E-state index is 13.1. The quantitative estimate of drug-likeness (QED) is 0.531. The standard InChI is InChI=1S/C20H29N2OP/c1-6-18(24(7-2)11-9-8-10-12-24)20(23)22-19-15(3)13-17(21-5)14-16(19)4/h13-14,18H,6-12H2,1-4H3/p+1. The van der Waals surface area contributed by atoms with Crippen molar-refractivity contribution in [1.29, 1.82) is 0 Å². The van der Waals surface area contributed by atoms with E-state index in [1.54, 1.807) is 0 Å². The zero-order valence-electron chi connectivity index (χ0n) is 15.5. The van der Waals surface area contributed by atoms with Crippen molar-refractivity contribution >= 4 is 24.5 Å². The predicted octanol–water partition coefficient (Wildman–Crippen LogP) is 5.79. The molecule has 0 aromatic heterocycles. The third-order valence-electron chi connectivity index (χ3n) is 5.58. The van der Waals surface area contributed by atoms with Crippen molar-refractivity contribution in [3.63, 3.8) is 0 Å². The Morgan fingerprint density at radius 3 is 2.25 bits per heavy atom. The van der Waals surface area contributed by atoms with Crippen molar-refractivity contribution in [2.75, 3.05) is 23.8 Å². The van der Waals surface area contributed by atoms with Crippen LogP contribution in [-0.2, 0) is 4.79 Å². The lowest BCUT2D eigenvalue weighted by molar-refractivity contribution is -0.115. The minimum Gasteiger partial charge on any atom is -0.322 e. The second-order valence-electron chi connectivity index (χ2n) is 7.02. The number of amides is 1. The molecule has 0 saturated carbocycles. The molecule has 0 radical (unpaired) electrons. The average Bonchev–Trinajstić information content (AvgIpc) is 2.59. The van der Waals surface area contributed by atoms with Crippen molar-refractivity contribution in [1.82, 2.24) is 0 Å². The minimum atomic E-state index is -1.18. The second-order valence-corrected chi connectivity index (χ2v) is 11.6. The minimum absolute atomic E-state index is 0.183. The Kier molecular flexibility index (Phi) is 6.41. The SMILES string of the molecule is [C-]#[N+]c1cc(C)c(NC(=O)C(CC)[P+]2(CC)CCCCC2)c(C)c1. The smallest absolute Gasteiger partial charge is 0.265 e. The third kappa shape index (κ3) is 3.81. The largest absolute Gasteiger partial charge is 0.322 e. The molecule has 0 aliphatic carbocycles. The molecule has 1 heterocycles. The molecule has 1 aromatic carbocycles. The maximum absolute atomic E-state index is 13.1. The Morgan fingerprint density at radius 1 is 1.21 bits per heavy atom. The number of anilines is 1. The van der Waals surface area contributed by atoms with Crippen LogP contribution in [0.2, 0.25) is 0 Å². The number of benzene rings is 1. The van der Waals surface area contributed by atoms with Gasteiger partial charge >= 0.3 is 0 Å². The summed E-state index contributed by atoms with van der Waals surface area (Å²) >= 11 is 0. The van der Waals surface area contributed by atoms with Gasteiger partial charge in [0, 0.05) is 12.9 Å². The van der Waals surface area contributed by atoms with Crippen LogP contribution in [0.25, 0.3) is 4.85 Å². The molecular weight excluding hydrogens is 315 g/mol. The van der Waals surface area contributed by atoms with Gasteiger partial charge in [0.25, 0.3) is 5.91 Å². The summed E-state index contributed by atoms with van der Waals surface area (Å²) in [4.78, 5) is 16.6. The number of carbonyl (C=O) groups excluding carboxylic acids is 1. The first-order valence-corrected chi connectivity index (χ1v) is 11.5. The predicted molar refractivity (Wildman–Crippen MR) is 106 cm³/mol. The fraction of sp³-hybridized carbons (Fsp3) is 0.600. The Balaban J connectivity index is 2.26. The molecule has 1 aromatic rings. The van der Waals surface area contributed by atoms with Crippen molar-refractivity contribution in [2.24, 2.45) is 0 Å². The second kappa shape index (κ2) is 8.13. The molecule has 0 bridgehead atoms. The van der Waals surface area contributed by atoms with E-state index >= 15 is 0 Å². The van der Waals surface area contributed by atoms with Gasteiger partial charge in [0.15, 0.2) is 5.69 Å². The highest BCUT2D eigenvalue weighted by molar-refractivity contribution is 7.77. The monoisotopic (exact) mass is 345 g/mol. The zero-order valence-corrected chi connectivity index (χ0v) is 16.4. The summed E-state index contributed by atoms with van der Waals surface area (Å²) in [5.74, 6) is 0.205. The topological polar surface area (TPSA) is 33.5 Å². The summed E-state index contributed by atoms with van der Waals surface area (Å²) in [6, 6.07) is 3.73. The lowest BCUT2D eigenvalue weighted by Gasteiger charge is -2.35. The lowest BCUT2D eigenvalue weighted by atomic mass is 10.1. The average molecular weight is 345 g/mol. The normalized spacial score (nSPS) is 17.8. The molecule has 1 aliphatic rings. The molecule has 1 aliphatic heterocycles. The number of hydrogen-bond donors (Lipinski definition) is 1. The molecule has 24 heavy (non-hydrogen) atoms. The zero-order chi connectivity index (χ0) is 17.7. The van der Waals surface area contributed by atoms with E-state index in [2.05, 4.69) is 24.0 Å². The first-order valence-electron chi connectivity index (χ1n) is 9.12. The van der Waals surface area contributed by atoms with Crippen LogP contribution in [0, 0.1) is 20.4 Å². The van der Waals surface area contributed by atoms with Crippen LogP contribution in [0.1, 0.15) is 50.7 Å². The Bertz CT molecular complexity index is 619. The van der Waals surface area contributed by atoms with Gasteiger partial charge in [0.1, 0.15) is 5.66 Å². The Labute approximate surface area is 147 Å². The lowest BCUT2D eigenvalue weighted by Crippen LogP contribution is -2.34. The van der Waals surface area contributed by atoms with E-state index in [0.717, 1.165) is 23.2 Å². The molecule has 1 unspecified atom stereocenters. The number of nitrogens with one attached hydrogen (secondary N) is 1. The fourth-order valence-electron chi connectivity index (χ4n) is 4.22. The van der Waals surface area contributed by atoms with Gasteiger partial charge in [0.2, 0.25) is 0 Å². The highest BCUT2D eigenvalue weighted by atomic mass is 31.2. The number of carbonyl (C=O) groups is 1. The maximum Gasteiger partial charge on any atom is 0.265 e. The van der Waals surface area contributed by atoms with Crippen LogP contribution in [0.5, 0.6) is 0 Å². The molecule has 1 saturated heterocycles. The van der Waals surface area contributed by atoms with Gasteiger partial charge in [-0.25, -0.2) is 4.85 Å². The highest BCUT2D eigenvalue weighted by Crippen LogP contribution is 2.66. The third-order valence-corrected chi connectivity index (χ3v) is 11.2. The highest BCUT2D eigenvalue weighted by Gasteiger charge is 2.47. The molecular formula is C20H30N2OP+.